The van der Waals surface area contributed by atoms with Crippen molar-refractivity contribution in [2.75, 3.05) is 10.2 Å². The summed E-state index contributed by atoms with van der Waals surface area (Å²) in [7, 11) is 0. The van der Waals surface area contributed by atoms with Crippen molar-refractivity contribution in [1.29, 1.82) is 0 Å². The third-order valence-corrected chi connectivity index (χ3v) is 7.11. The Kier molecular flexibility index (Phi) is 4.37. The lowest BCUT2D eigenvalue weighted by Crippen LogP contribution is -2.49. The highest BCUT2D eigenvalue weighted by atomic mass is 16.2. The number of fused-ring (bicyclic) bond motifs is 6. The second-order valence-corrected chi connectivity index (χ2v) is 9.12. The molecule has 1 atom stereocenters. The first-order valence-corrected chi connectivity index (χ1v) is 11.8. The van der Waals surface area contributed by atoms with E-state index >= 15 is 0 Å². The Balaban J connectivity index is 1.58. The molecule has 0 saturated carbocycles. The second-order valence-electron chi connectivity index (χ2n) is 9.12. The van der Waals surface area contributed by atoms with Crippen LogP contribution in [0.25, 0.3) is 11.3 Å². The standard InChI is InChI=1S/C28H20N6O3/c35-25-21-23(30-27(37)31-25)29-24-20(22(32-33-24)17-11-5-2-6-12-17)28(21)18-13-7-8-14-19(18)34(26(28)36)15-16-9-3-1-4-10-16/h1-14H,15H2,(H4,29,30,31,32,33,35,37). The summed E-state index contributed by atoms with van der Waals surface area (Å²) in [5.74, 6) is 0.229. The van der Waals surface area contributed by atoms with Gasteiger partial charge in [-0.05, 0) is 17.2 Å². The number of hydrogen-bond acceptors (Lipinski definition) is 5. The molecule has 37 heavy (non-hydrogen) atoms. The van der Waals surface area contributed by atoms with Crippen molar-refractivity contribution >= 4 is 23.2 Å². The van der Waals surface area contributed by atoms with Crippen molar-refractivity contribution in [2.24, 2.45) is 0 Å². The summed E-state index contributed by atoms with van der Waals surface area (Å²) in [6, 6.07) is 26.7. The van der Waals surface area contributed by atoms with Gasteiger partial charge in [0.15, 0.2) is 5.82 Å². The molecule has 1 unspecified atom stereocenters. The van der Waals surface area contributed by atoms with Gasteiger partial charge in [-0.1, -0.05) is 78.9 Å². The van der Waals surface area contributed by atoms with Gasteiger partial charge in [0.25, 0.3) is 5.56 Å². The number of para-hydroxylation sites is 1. The molecule has 2 aliphatic heterocycles. The number of anilines is 3. The summed E-state index contributed by atoms with van der Waals surface area (Å²) < 4.78 is 0. The molecule has 0 fully saturated rings. The number of rotatable bonds is 3. The number of carbonyl (C=O) groups excluding carboxylic acids is 1. The summed E-state index contributed by atoms with van der Waals surface area (Å²) >= 11 is 0. The van der Waals surface area contributed by atoms with Crippen LogP contribution in [-0.2, 0) is 16.8 Å². The average molecular weight is 489 g/mol. The predicted octanol–water partition coefficient (Wildman–Crippen LogP) is 3.39. The van der Waals surface area contributed by atoms with Gasteiger partial charge in [0.2, 0.25) is 5.91 Å². The molecule has 2 aromatic heterocycles. The van der Waals surface area contributed by atoms with Gasteiger partial charge in [0.1, 0.15) is 11.2 Å². The Hall–Kier alpha value is -5.18. The van der Waals surface area contributed by atoms with Crippen LogP contribution in [0.5, 0.6) is 0 Å². The van der Waals surface area contributed by atoms with Crippen molar-refractivity contribution in [1.82, 2.24) is 20.2 Å². The van der Waals surface area contributed by atoms with E-state index in [-0.39, 0.29) is 17.3 Å². The molecule has 4 N–H and O–H groups in total. The maximum Gasteiger partial charge on any atom is 0.327 e. The molecular formula is C28H20N6O3. The second kappa shape index (κ2) is 7.66. The van der Waals surface area contributed by atoms with Crippen LogP contribution in [0.3, 0.4) is 0 Å². The SMILES string of the molecule is O=C1N(Cc2ccccc2)c2ccccc2C12c1c(n[nH]c1-c1ccccc1)Nc1[nH]c(=O)[nH]c(=O)c12. The highest BCUT2D eigenvalue weighted by Gasteiger charge is 2.60. The fraction of sp³-hybridized carbons (Fsp3) is 0.0714. The van der Waals surface area contributed by atoms with Gasteiger partial charge in [-0.2, -0.15) is 5.10 Å². The minimum absolute atomic E-state index is 0.131. The number of benzene rings is 3. The molecule has 9 heteroatoms. The van der Waals surface area contributed by atoms with Crippen LogP contribution in [0.4, 0.5) is 17.3 Å². The van der Waals surface area contributed by atoms with Crippen LogP contribution >= 0.6 is 0 Å². The van der Waals surface area contributed by atoms with Crippen molar-refractivity contribution in [3.8, 4) is 11.3 Å². The zero-order chi connectivity index (χ0) is 25.1. The number of H-pyrrole nitrogens is 3. The summed E-state index contributed by atoms with van der Waals surface area (Å²) in [5.41, 5.74) is 1.54. The molecule has 5 aromatic rings. The Bertz CT molecular complexity index is 1810. The van der Waals surface area contributed by atoms with Gasteiger partial charge in [0, 0.05) is 16.8 Å². The largest absolute Gasteiger partial charge is 0.327 e. The van der Waals surface area contributed by atoms with Crippen LogP contribution in [0, 0.1) is 0 Å². The highest BCUT2D eigenvalue weighted by Crippen LogP contribution is 2.57. The minimum Gasteiger partial charge on any atom is -0.324 e. The van der Waals surface area contributed by atoms with E-state index in [1.165, 1.54) is 0 Å². The number of aromatic nitrogens is 4. The molecular weight excluding hydrogens is 468 g/mol. The van der Waals surface area contributed by atoms with Crippen LogP contribution in [0.2, 0.25) is 0 Å². The van der Waals surface area contributed by atoms with E-state index in [0.29, 0.717) is 34.9 Å². The summed E-state index contributed by atoms with van der Waals surface area (Å²) in [6.07, 6.45) is 0. The van der Waals surface area contributed by atoms with Gasteiger partial charge in [-0.25, -0.2) is 4.79 Å². The van der Waals surface area contributed by atoms with E-state index < -0.39 is 16.7 Å². The van der Waals surface area contributed by atoms with Crippen LogP contribution in [-0.4, -0.2) is 26.1 Å². The zero-order valence-electron chi connectivity index (χ0n) is 19.4. The molecule has 9 nitrogen and oxygen atoms in total. The van der Waals surface area contributed by atoms with Gasteiger partial charge < -0.3 is 10.2 Å². The number of nitrogens with one attached hydrogen (secondary N) is 4. The Morgan fingerprint density at radius 2 is 1.49 bits per heavy atom. The topological polar surface area (TPSA) is 127 Å². The van der Waals surface area contributed by atoms with Gasteiger partial charge in [-0.15, -0.1) is 0 Å². The summed E-state index contributed by atoms with van der Waals surface area (Å²) in [5, 5.41) is 10.7. The number of nitrogens with zero attached hydrogens (tertiary/aromatic N) is 2. The van der Waals surface area contributed by atoms with Gasteiger partial charge in [-0.3, -0.25) is 24.7 Å². The van der Waals surface area contributed by atoms with Crippen molar-refractivity contribution in [2.45, 2.75) is 12.0 Å². The molecule has 1 spiro atoms. The first-order valence-electron chi connectivity index (χ1n) is 11.8. The zero-order valence-corrected chi connectivity index (χ0v) is 19.4. The molecule has 2 aliphatic rings. The smallest absolute Gasteiger partial charge is 0.324 e. The predicted molar refractivity (Wildman–Crippen MR) is 139 cm³/mol. The highest BCUT2D eigenvalue weighted by molar-refractivity contribution is 6.16. The van der Waals surface area contributed by atoms with Crippen LogP contribution < -0.4 is 21.5 Å². The molecule has 1 amide bonds. The van der Waals surface area contributed by atoms with Crippen molar-refractivity contribution < 1.29 is 4.79 Å². The number of amides is 1. The fourth-order valence-corrected chi connectivity index (χ4v) is 5.65. The third-order valence-electron chi connectivity index (χ3n) is 7.11. The Morgan fingerprint density at radius 1 is 0.784 bits per heavy atom. The van der Waals surface area contributed by atoms with E-state index in [1.807, 2.05) is 84.9 Å². The molecule has 3 aromatic carbocycles. The van der Waals surface area contributed by atoms with Crippen molar-refractivity contribution in [3.05, 3.63) is 128 Å². The normalized spacial score (nSPS) is 17.3. The monoisotopic (exact) mass is 488 g/mol. The molecule has 0 bridgehead atoms. The maximum atomic E-state index is 14.8. The third kappa shape index (κ3) is 2.85. The Morgan fingerprint density at radius 3 is 2.27 bits per heavy atom. The lowest BCUT2D eigenvalue weighted by molar-refractivity contribution is -0.120. The van der Waals surface area contributed by atoms with Crippen molar-refractivity contribution in [3.63, 3.8) is 0 Å². The van der Waals surface area contributed by atoms with E-state index in [2.05, 4.69) is 25.5 Å². The molecule has 0 radical (unpaired) electrons. The number of aromatic amines is 3. The maximum absolute atomic E-state index is 14.8. The molecule has 0 aliphatic carbocycles. The summed E-state index contributed by atoms with van der Waals surface area (Å²) in [4.78, 5) is 47.3. The first-order chi connectivity index (χ1) is 18.1. The Labute approximate surface area is 209 Å². The van der Waals surface area contributed by atoms with E-state index in [4.69, 9.17) is 0 Å². The lowest BCUT2D eigenvalue weighted by atomic mass is 9.68. The van der Waals surface area contributed by atoms with E-state index in [0.717, 1.165) is 11.1 Å². The van der Waals surface area contributed by atoms with Crippen LogP contribution in [0.15, 0.2) is 94.5 Å². The number of hydrogen-bond donors (Lipinski definition) is 4. The first kappa shape index (κ1) is 21.1. The van der Waals surface area contributed by atoms with Gasteiger partial charge in [0.05, 0.1) is 17.8 Å². The molecule has 7 rings (SSSR count). The quantitative estimate of drug-likeness (QED) is 0.310. The van der Waals surface area contributed by atoms with Crippen LogP contribution in [0.1, 0.15) is 22.3 Å². The minimum atomic E-state index is -1.54. The van der Waals surface area contributed by atoms with E-state index in [9.17, 15) is 14.4 Å². The summed E-state index contributed by atoms with van der Waals surface area (Å²) in [6.45, 7) is 0.316. The molecule has 180 valence electrons. The fourth-order valence-electron chi connectivity index (χ4n) is 5.65. The van der Waals surface area contributed by atoms with Gasteiger partial charge >= 0.3 is 5.69 Å². The lowest BCUT2D eigenvalue weighted by Gasteiger charge is -2.34. The van der Waals surface area contributed by atoms with E-state index in [1.54, 1.807) is 4.90 Å². The molecule has 4 heterocycles. The number of carbonyl (C=O) groups is 1. The average Bonchev–Trinajstić information content (AvgIpc) is 3.44. The molecule has 0 saturated heterocycles.